The van der Waals surface area contributed by atoms with Gasteiger partial charge in [-0.15, -0.1) is 13.2 Å². The maximum absolute atomic E-state index is 12.7. The van der Waals surface area contributed by atoms with Gasteiger partial charge in [-0.25, -0.2) is 9.97 Å². The second kappa shape index (κ2) is 9.44. The predicted molar refractivity (Wildman–Crippen MR) is 110 cm³/mol. The lowest BCUT2D eigenvalue weighted by atomic mass is 10.0. The Bertz CT molecular complexity index is 1120. The molecule has 6 nitrogen and oxygen atoms in total. The Kier molecular flexibility index (Phi) is 6.91. The summed E-state index contributed by atoms with van der Waals surface area (Å²) in [5.74, 6) is -0.760. The molecule has 0 bridgehead atoms. The molecule has 31 heavy (non-hydrogen) atoms. The zero-order valence-electron chi connectivity index (χ0n) is 15.9. The van der Waals surface area contributed by atoms with Crippen LogP contribution in [0, 0.1) is 0 Å². The minimum absolute atomic E-state index is 0.0295. The molecule has 1 amide bonds. The third-order valence-corrected chi connectivity index (χ3v) is 5.00. The summed E-state index contributed by atoms with van der Waals surface area (Å²) in [6.07, 6.45) is -0.598. The van der Waals surface area contributed by atoms with Crippen LogP contribution >= 0.6 is 11.6 Å². The summed E-state index contributed by atoms with van der Waals surface area (Å²) in [5, 5.41) is 2.95. The van der Waals surface area contributed by atoms with E-state index in [9.17, 15) is 22.2 Å². The van der Waals surface area contributed by atoms with Gasteiger partial charge in [0, 0.05) is 35.5 Å². The minimum atomic E-state index is -4.84. The van der Waals surface area contributed by atoms with E-state index >= 15 is 0 Å². The number of amides is 1. The van der Waals surface area contributed by atoms with Crippen molar-refractivity contribution < 1.29 is 26.9 Å². The predicted octanol–water partition coefficient (Wildman–Crippen LogP) is 4.61. The third-order valence-electron chi connectivity index (χ3n) is 3.96. The van der Waals surface area contributed by atoms with Crippen molar-refractivity contribution in [1.82, 2.24) is 9.97 Å². The van der Waals surface area contributed by atoms with Crippen LogP contribution in [0.25, 0.3) is 11.1 Å². The van der Waals surface area contributed by atoms with Crippen LogP contribution in [-0.2, 0) is 22.0 Å². The zero-order valence-corrected chi connectivity index (χ0v) is 17.5. The summed E-state index contributed by atoms with van der Waals surface area (Å²) >= 11 is 6.26. The quantitative estimate of drug-likeness (QED) is 0.533. The Labute approximate surface area is 182 Å². The van der Waals surface area contributed by atoms with Crippen LogP contribution < -0.4 is 10.1 Å². The van der Waals surface area contributed by atoms with Gasteiger partial charge in [0.05, 0.1) is 22.2 Å². The summed E-state index contributed by atoms with van der Waals surface area (Å²) in [7, 11) is -1.32. The molecule has 0 aliphatic carbocycles. The summed E-state index contributed by atoms with van der Waals surface area (Å²) in [5.41, 5.74) is 1.36. The number of carbonyl (C=O) groups is 1. The fourth-order valence-corrected chi connectivity index (χ4v) is 3.37. The Morgan fingerprint density at radius 2 is 1.81 bits per heavy atom. The van der Waals surface area contributed by atoms with Crippen molar-refractivity contribution in [2.75, 3.05) is 11.6 Å². The molecule has 1 heterocycles. The maximum atomic E-state index is 12.7. The number of benzene rings is 2. The molecular formula is C20H15ClF3N3O3S. The number of carbonyl (C=O) groups excluding carboxylic acids is 1. The van der Waals surface area contributed by atoms with Gasteiger partial charge in [0.15, 0.2) is 0 Å². The molecule has 0 radical (unpaired) electrons. The third kappa shape index (κ3) is 6.25. The summed E-state index contributed by atoms with van der Waals surface area (Å²) < 4.78 is 53.3. The number of hydrogen-bond acceptors (Lipinski definition) is 5. The molecule has 1 N–H and O–H groups in total. The summed E-state index contributed by atoms with van der Waals surface area (Å²) in [6.45, 7) is 0. The highest BCUT2D eigenvalue weighted by atomic mass is 35.5. The van der Waals surface area contributed by atoms with E-state index in [1.807, 2.05) is 0 Å². The molecule has 3 rings (SSSR count). The average Bonchev–Trinajstić information content (AvgIpc) is 2.68. The van der Waals surface area contributed by atoms with Crippen molar-refractivity contribution >= 4 is 34.0 Å². The lowest BCUT2D eigenvalue weighted by Crippen LogP contribution is -2.17. The van der Waals surface area contributed by atoms with Gasteiger partial charge in [-0.05, 0) is 23.8 Å². The van der Waals surface area contributed by atoms with E-state index in [1.54, 1.807) is 6.07 Å². The van der Waals surface area contributed by atoms with E-state index in [1.165, 1.54) is 55.0 Å². The molecule has 1 aromatic heterocycles. The number of alkyl halides is 3. The van der Waals surface area contributed by atoms with Crippen LogP contribution in [0.2, 0.25) is 5.02 Å². The highest BCUT2D eigenvalue weighted by Crippen LogP contribution is 2.38. The molecular weight excluding hydrogens is 455 g/mol. The van der Waals surface area contributed by atoms with Gasteiger partial charge in [-0.1, -0.05) is 35.9 Å². The number of para-hydroxylation sites is 1. The number of hydrogen-bond donors (Lipinski definition) is 1. The summed E-state index contributed by atoms with van der Waals surface area (Å²) in [6, 6.07) is 10.1. The number of ether oxygens (including phenoxy) is 1. The molecule has 0 fully saturated rings. The first kappa shape index (κ1) is 22.7. The van der Waals surface area contributed by atoms with Crippen molar-refractivity contribution in [1.29, 1.82) is 0 Å². The van der Waals surface area contributed by atoms with Crippen LogP contribution in [-0.4, -0.2) is 32.7 Å². The molecule has 0 spiro atoms. The van der Waals surface area contributed by atoms with Gasteiger partial charge in [-0.2, -0.15) is 0 Å². The van der Waals surface area contributed by atoms with Crippen LogP contribution in [0.5, 0.6) is 5.75 Å². The van der Waals surface area contributed by atoms with E-state index in [4.69, 9.17) is 11.6 Å². The maximum Gasteiger partial charge on any atom is 0.573 e. The van der Waals surface area contributed by atoms with E-state index in [2.05, 4.69) is 20.0 Å². The van der Waals surface area contributed by atoms with Gasteiger partial charge in [-0.3, -0.25) is 9.00 Å². The lowest BCUT2D eigenvalue weighted by molar-refractivity contribution is -0.274. The monoisotopic (exact) mass is 469 g/mol. The van der Waals surface area contributed by atoms with Crippen molar-refractivity contribution in [3.8, 4) is 16.9 Å². The second-order valence-corrected chi connectivity index (χ2v) is 7.97. The number of nitrogens with one attached hydrogen (secondary N) is 1. The van der Waals surface area contributed by atoms with Gasteiger partial charge in [0.1, 0.15) is 5.75 Å². The number of aromatic nitrogens is 2. The SMILES string of the molecule is CS(=O)c1ncc(CC(=O)Nc2ccc(-c3ccccc3OC(F)(F)F)c(Cl)c2)cn1. The van der Waals surface area contributed by atoms with Crippen molar-refractivity contribution in [3.63, 3.8) is 0 Å². The topological polar surface area (TPSA) is 81.2 Å². The molecule has 11 heteroatoms. The summed E-state index contributed by atoms with van der Waals surface area (Å²) in [4.78, 5) is 20.1. The van der Waals surface area contributed by atoms with Gasteiger partial charge < -0.3 is 10.1 Å². The Morgan fingerprint density at radius 1 is 1.13 bits per heavy atom. The molecule has 1 atom stereocenters. The fraction of sp³-hybridized carbons (Fsp3) is 0.150. The highest BCUT2D eigenvalue weighted by Gasteiger charge is 2.32. The van der Waals surface area contributed by atoms with Crippen molar-refractivity contribution in [3.05, 3.63) is 65.4 Å². The first-order valence-corrected chi connectivity index (χ1v) is 10.6. The first-order valence-electron chi connectivity index (χ1n) is 8.71. The van der Waals surface area contributed by atoms with E-state index < -0.39 is 17.2 Å². The molecule has 162 valence electrons. The smallest absolute Gasteiger partial charge is 0.405 e. The Hall–Kier alpha value is -2.98. The van der Waals surface area contributed by atoms with Crippen LogP contribution in [0.1, 0.15) is 5.56 Å². The van der Waals surface area contributed by atoms with Crippen LogP contribution in [0.15, 0.2) is 60.0 Å². The lowest BCUT2D eigenvalue weighted by Gasteiger charge is -2.15. The number of halogens is 4. The standard InChI is InChI=1S/C20H15ClF3N3O3S/c1-31(29)19-25-10-12(11-26-19)8-18(28)27-13-6-7-14(16(21)9-13)15-4-2-3-5-17(15)30-20(22,23)24/h2-7,9-11H,8H2,1H3,(H,27,28). The molecule has 0 saturated heterocycles. The number of rotatable bonds is 6. The second-order valence-electron chi connectivity index (χ2n) is 6.29. The van der Waals surface area contributed by atoms with Gasteiger partial charge in [0.2, 0.25) is 11.1 Å². The fourth-order valence-electron chi connectivity index (χ4n) is 2.69. The minimum Gasteiger partial charge on any atom is -0.405 e. The molecule has 3 aromatic rings. The first-order chi connectivity index (χ1) is 14.6. The average molecular weight is 470 g/mol. The van der Waals surface area contributed by atoms with Crippen LogP contribution in [0.3, 0.4) is 0 Å². The normalized spacial score (nSPS) is 12.3. The van der Waals surface area contributed by atoms with Crippen LogP contribution in [0.4, 0.5) is 18.9 Å². The Morgan fingerprint density at radius 3 is 2.42 bits per heavy atom. The van der Waals surface area contributed by atoms with E-state index in [0.29, 0.717) is 16.8 Å². The van der Waals surface area contributed by atoms with Gasteiger partial charge in [0.25, 0.3) is 0 Å². The van der Waals surface area contributed by atoms with E-state index in [0.717, 1.165) is 0 Å². The van der Waals surface area contributed by atoms with Crippen molar-refractivity contribution in [2.45, 2.75) is 17.9 Å². The highest BCUT2D eigenvalue weighted by molar-refractivity contribution is 7.84. The largest absolute Gasteiger partial charge is 0.573 e. The number of anilines is 1. The van der Waals surface area contributed by atoms with Crippen molar-refractivity contribution in [2.24, 2.45) is 0 Å². The Balaban J connectivity index is 1.74. The number of nitrogens with zero attached hydrogens (tertiary/aromatic N) is 2. The molecule has 0 aliphatic heterocycles. The molecule has 0 aliphatic rings. The molecule has 0 saturated carbocycles. The van der Waals surface area contributed by atoms with Gasteiger partial charge >= 0.3 is 6.36 Å². The van der Waals surface area contributed by atoms with E-state index in [-0.39, 0.29) is 33.8 Å². The molecule has 2 aromatic carbocycles. The zero-order chi connectivity index (χ0) is 22.6. The molecule has 1 unspecified atom stereocenters.